The second kappa shape index (κ2) is 12.3. The fourth-order valence-corrected chi connectivity index (χ4v) is 23.1. The van der Waals surface area contributed by atoms with Crippen molar-refractivity contribution in [1.29, 1.82) is 0 Å². The van der Waals surface area contributed by atoms with Gasteiger partial charge < -0.3 is 9.97 Å². The monoisotopic (exact) mass is 829 g/mol. The molecular weight excluding hydrogens is 796 g/mol. The Morgan fingerprint density at radius 3 is 1.69 bits per heavy atom. The average molecular weight is 829 g/mol. The molecule has 4 aromatic carbocycles. The smallest absolute Gasteiger partial charge is 0.0944 e. The van der Waals surface area contributed by atoms with E-state index in [1.54, 1.807) is 6.20 Å². The van der Waals surface area contributed by atoms with Crippen LogP contribution < -0.4 is 36.7 Å². The molecule has 7 heteroatoms. The minimum Gasteiger partial charge on any atom is -0.305 e. The van der Waals surface area contributed by atoms with Crippen LogP contribution in [0, 0.1) is 12.1 Å². The first kappa shape index (κ1) is 31.9. The predicted molar refractivity (Wildman–Crippen MR) is 197 cm³/mol. The largest absolute Gasteiger partial charge is 0.305 e. The molecule has 0 aliphatic carbocycles. The van der Waals surface area contributed by atoms with E-state index < -0.39 is 22.2 Å². The maximum atomic E-state index is 6.84. The number of benzene rings is 4. The van der Waals surface area contributed by atoms with Crippen molar-refractivity contribution >= 4 is 70.7 Å². The van der Waals surface area contributed by atoms with Crippen LogP contribution in [0.3, 0.4) is 0 Å². The number of nitrogens with zero attached hydrogens (tertiary/aromatic N) is 2. The summed E-state index contributed by atoms with van der Waals surface area (Å²) in [6.07, 6.45) is 3.67. The van der Waals surface area contributed by atoms with Gasteiger partial charge in [0, 0.05) is 38.5 Å². The van der Waals surface area contributed by atoms with Crippen LogP contribution in [0.5, 0.6) is 0 Å². The van der Waals surface area contributed by atoms with E-state index in [1.165, 1.54) is 36.7 Å². The van der Waals surface area contributed by atoms with Crippen molar-refractivity contribution in [3.8, 4) is 22.5 Å². The van der Waals surface area contributed by atoms with Crippen LogP contribution in [0.4, 0.5) is 0 Å². The summed E-state index contributed by atoms with van der Waals surface area (Å²) in [5.41, 5.74) is 4.14. The molecule has 0 fully saturated rings. The quantitative estimate of drug-likeness (QED) is 0.138. The number of hydrogen-bond donors (Lipinski definition) is 0. The van der Waals surface area contributed by atoms with Gasteiger partial charge in [0.05, 0.1) is 16.1 Å². The summed E-state index contributed by atoms with van der Waals surface area (Å²) in [6, 6.07) is 45.3. The van der Waals surface area contributed by atoms with Gasteiger partial charge in [-0.15, -0.1) is 64.0 Å². The molecule has 1 atom stereocenters. The maximum Gasteiger partial charge on any atom is 0.0944 e. The van der Waals surface area contributed by atoms with Crippen molar-refractivity contribution in [2.75, 3.05) is 0 Å². The Kier molecular flexibility index (Phi) is 8.68. The van der Waals surface area contributed by atoms with Gasteiger partial charge >= 0.3 is 0 Å². The molecule has 225 valence electrons. The normalized spacial score (nSPS) is 17.7. The third kappa shape index (κ3) is 5.22. The van der Waals surface area contributed by atoms with Crippen molar-refractivity contribution in [1.82, 2.24) is 9.97 Å². The first-order valence-electron chi connectivity index (χ1n) is 15.0. The standard InChI is InChI=1S/C27H25NPSSi2.C11H8N.Ir/c1-31(2)23-14-7-5-12-21(23)29(30)22-13-6-8-15-24(22)32(3,4)26-18-19(17-25(31)27(26)29)20-11-9-10-16-28-20;1-2-6-10(7-3-1)11-8-4-5-9-12-11;/h5-17H,1-4H3;1-6,8-9H;/q2*-1;. The van der Waals surface area contributed by atoms with Gasteiger partial charge in [-0.1, -0.05) is 116 Å². The molecule has 0 saturated carbocycles. The van der Waals surface area contributed by atoms with Crippen LogP contribution in [0.1, 0.15) is 0 Å². The Labute approximate surface area is 287 Å². The molecule has 2 aliphatic heterocycles. The summed E-state index contributed by atoms with van der Waals surface area (Å²) in [7, 11) is -3.93. The number of pyridine rings is 2. The fourth-order valence-electron chi connectivity index (χ4n) is 6.77. The molecule has 0 saturated heterocycles. The molecule has 1 unspecified atom stereocenters. The minimum atomic E-state index is -2.14. The zero-order chi connectivity index (χ0) is 30.5. The molecule has 45 heavy (non-hydrogen) atoms. The van der Waals surface area contributed by atoms with Gasteiger partial charge in [0.15, 0.2) is 0 Å². The molecule has 0 bridgehead atoms. The number of fused-ring (bicyclic) bond motifs is 4. The van der Waals surface area contributed by atoms with Gasteiger partial charge in [0.25, 0.3) is 0 Å². The first-order valence-corrected chi connectivity index (χ1v) is 23.8. The van der Waals surface area contributed by atoms with Crippen molar-refractivity contribution in [3.05, 3.63) is 140 Å². The molecule has 2 aliphatic rings. The van der Waals surface area contributed by atoms with Gasteiger partial charge in [-0.2, -0.15) is 0 Å². The van der Waals surface area contributed by atoms with E-state index in [4.69, 9.17) is 16.8 Å². The maximum absolute atomic E-state index is 6.84. The molecule has 1 radical (unpaired) electrons. The zero-order valence-corrected chi connectivity index (χ0v) is 31.8. The second-order valence-corrected chi connectivity index (χ2v) is 25.3. The Bertz CT molecular complexity index is 1930. The van der Waals surface area contributed by atoms with Crippen LogP contribution in [0.15, 0.2) is 128 Å². The fraction of sp³-hybridized carbons (Fsp3) is 0.105. The van der Waals surface area contributed by atoms with Gasteiger partial charge in [0.1, 0.15) is 0 Å². The molecular formula is C38H33IrN2PSSi2-2. The van der Waals surface area contributed by atoms with Gasteiger partial charge in [-0.05, 0) is 44.5 Å². The third-order valence-electron chi connectivity index (χ3n) is 9.08. The summed E-state index contributed by atoms with van der Waals surface area (Å²) in [5.74, 6) is 0. The Morgan fingerprint density at radius 1 is 0.600 bits per heavy atom. The van der Waals surface area contributed by atoms with Gasteiger partial charge in [0.2, 0.25) is 0 Å². The molecule has 0 spiro atoms. The molecule has 4 heterocycles. The molecule has 2 aromatic heterocycles. The molecule has 0 amide bonds. The second-order valence-electron chi connectivity index (χ2n) is 12.4. The number of aromatic nitrogens is 2. The Morgan fingerprint density at radius 2 is 1.13 bits per heavy atom. The molecule has 8 rings (SSSR count). The summed E-state index contributed by atoms with van der Waals surface area (Å²) in [5, 5.41) is 10.3. The zero-order valence-electron chi connectivity index (χ0n) is 25.7. The number of rotatable bonds is 2. The average Bonchev–Trinajstić information content (AvgIpc) is 3.08. The summed E-state index contributed by atoms with van der Waals surface area (Å²) in [4.78, 5) is 8.91. The predicted octanol–water partition coefficient (Wildman–Crippen LogP) is 5.12. The van der Waals surface area contributed by atoms with E-state index in [0.717, 1.165) is 22.5 Å². The van der Waals surface area contributed by atoms with E-state index in [-0.39, 0.29) is 20.1 Å². The summed E-state index contributed by atoms with van der Waals surface area (Å²) < 4.78 is 0. The van der Waals surface area contributed by atoms with Crippen LogP contribution in [0.2, 0.25) is 26.2 Å². The first-order chi connectivity index (χ1) is 21.2. The van der Waals surface area contributed by atoms with E-state index in [9.17, 15) is 0 Å². The van der Waals surface area contributed by atoms with E-state index in [1.807, 2.05) is 54.7 Å². The number of hydrogen-bond acceptors (Lipinski definition) is 3. The third-order valence-corrected chi connectivity index (χ3v) is 21.8. The van der Waals surface area contributed by atoms with E-state index in [0.29, 0.717) is 0 Å². The SMILES string of the molecule is C[Si]1(C)c2[c-]c(-c3ccccn3)cc3c2P(=S)(c2ccccc21)c1ccccc1[Si]3(C)C.[Ir].[c-]1ccccc1-c1ccccn1. The van der Waals surface area contributed by atoms with Crippen molar-refractivity contribution in [3.63, 3.8) is 0 Å². The van der Waals surface area contributed by atoms with Crippen molar-refractivity contribution in [2.24, 2.45) is 0 Å². The topological polar surface area (TPSA) is 25.8 Å². The molecule has 2 nitrogen and oxygen atoms in total. The Hall–Kier alpha value is -3.09. The van der Waals surface area contributed by atoms with Crippen molar-refractivity contribution < 1.29 is 20.1 Å². The van der Waals surface area contributed by atoms with Crippen LogP contribution >= 0.6 is 6.04 Å². The summed E-state index contributed by atoms with van der Waals surface area (Å²) >= 11 is 6.84. The Balaban J connectivity index is 0.000000231. The summed E-state index contributed by atoms with van der Waals surface area (Å²) in [6.45, 7) is 9.96. The van der Waals surface area contributed by atoms with E-state index in [2.05, 4.69) is 110 Å². The molecule has 0 N–H and O–H groups in total. The molecule has 6 aromatic rings. The van der Waals surface area contributed by atoms with Crippen molar-refractivity contribution in [2.45, 2.75) is 26.2 Å². The van der Waals surface area contributed by atoms with Gasteiger partial charge in [-0.3, -0.25) is 0 Å². The van der Waals surface area contributed by atoms with Gasteiger partial charge in [-0.25, -0.2) is 0 Å². The van der Waals surface area contributed by atoms with Crippen LogP contribution in [-0.2, 0) is 31.9 Å². The van der Waals surface area contributed by atoms with E-state index >= 15 is 0 Å². The minimum absolute atomic E-state index is 0. The van der Waals surface area contributed by atoms with Crippen LogP contribution in [0.25, 0.3) is 22.5 Å². The van der Waals surface area contributed by atoms with Crippen LogP contribution in [-0.4, -0.2) is 26.1 Å².